The summed E-state index contributed by atoms with van der Waals surface area (Å²) in [4.78, 5) is 24.3. The van der Waals surface area contributed by atoms with Crippen LogP contribution in [-0.2, 0) is 9.59 Å². The van der Waals surface area contributed by atoms with Crippen molar-refractivity contribution in [3.63, 3.8) is 0 Å². The number of thioether (sulfide) groups is 1. The zero-order chi connectivity index (χ0) is 19.5. The van der Waals surface area contributed by atoms with Gasteiger partial charge in [0.2, 0.25) is 11.8 Å². The molecule has 0 aliphatic carbocycles. The molecule has 140 valence electrons. The molecule has 6 nitrogen and oxygen atoms in total. The van der Waals surface area contributed by atoms with Gasteiger partial charge in [-0.3, -0.25) is 9.59 Å². The summed E-state index contributed by atoms with van der Waals surface area (Å²) in [5, 5.41) is 14.1. The van der Waals surface area contributed by atoms with Gasteiger partial charge in [-0.2, -0.15) is 5.10 Å². The van der Waals surface area contributed by atoms with E-state index in [-0.39, 0.29) is 23.7 Å². The number of hydrogen-bond acceptors (Lipinski definition) is 5. The van der Waals surface area contributed by atoms with E-state index in [4.69, 9.17) is 11.6 Å². The van der Waals surface area contributed by atoms with Gasteiger partial charge in [0.05, 0.1) is 0 Å². The Morgan fingerprint density at radius 3 is 2.69 bits per heavy atom. The Bertz CT molecular complexity index is 784. The Morgan fingerprint density at radius 1 is 1.38 bits per heavy atom. The van der Waals surface area contributed by atoms with Crippen LogP contribution in [0.4, 0.5) is 5.69 Å². The fourth-order valence-corrected chi connectivity index (χ4v) is 3.01. The summed E-state index contributed by atoms with van der Waals surface area (Å²) in [6.45, 7) is 9.89. The molecule has 1 aliphatic rings. The van der Waals surface area contributed by atoms with Crippen LogP contribution in [0.5, 0.6) is 0 Å². The Kier molecular flexibility index (Phi) is 6.47. The fraction of sp³-hybridized carbons (Fsp3) is 0.444. The van der Waals surface area contributed by atoms with Crippen molar-refractivity contribution < 1.29 is 9.59 Å². The second-order valence-corrected chi connectivity index (χ2v) is 8.75. The van der Waals surface area contributed by atoms with Crippen LogP contribution in [0.3, 0.4) is 0 Å². The van der Waals surface area contributed by atoms with Crippen LogP contribution in [0.15, 0.2) is 28.4 Å². The molecular formula is C18H23ClN4O2S. The molecule has 26 heavy (non-hydrogen) atoms. The lowest BCUT2D eigenvalue weighted by molar-refractivity contribution is -0.122. The fourth-order valence-electron chi connectivity index (χ4n) is 1.91. The summed E-state index contributed by atoms with van der Waals surface area (Å²) in [5.74, 6) is -0.498. The topological polar surface area (TPSA) is 82.9 Å². The molecule has 0 bridgehead atoms. The zero-order valence-corrected chi connectivity index (χ0v) is 17.1. The lowest BCUT2D eigenvalue weighted by Crippen LogP contribution is -2.28. The number of nitrogens with zero attached hydrogens (tertiary/aromatic N) is 2. The van der Waals surface area contributed by atoms with Crippen LogP contribution in [0.1, 0.15) is 39.7 Å². The van der Waals surface area contributed by atoms with Gasteiger partial charge in [0.1, 0.15) is 5.25 Å². The first-order chi connectivity index (χ1) is 12.1. The number of carbonyl (C=O) groups excluding carboxylic acids is 2. The number of amidine groups is 1. The largest absolute Gasteiger partial charge is 0.326 e. The van der Waals surface area contributed by atoms with Gasteiger partial charge >= 0.3 is 0 Å². The second-order valence-electron chi connectivity index (χ2n) is 7.15. The number of aryl methyl sites for hydroxylation is 1. The molecule has 0 spiro atoms. The maximum atomic E-state index is 12.2. The number of hydrogen-bond donors (Lipinski definition) is 2. The van der Waals surface area contributed by atoms with Crippen LogP contribution in [0.25, 0.3) is 0 Å². The van der Waals surface area contributed by atoms with Crippen LogP contribution in [-0.4, -0.2) is 27.9 Å². The Balaban J connectivity index is 1.96. The monoisotopic (exact) mass is 394 g/mol. The highest BCUT2D eigenvalue weighted by molar-refractivity contribution is 8.15. The van der Waals surface area contributed by atoms with E-state index >= 15 is 0 Å². The van der Waals surface area contributed by atoms with Crippen LogP contribution >= 0.6 is 23.4 Å². The molecule has 1 heterocycles. The van der Waals surface area contributed by atoms with Crippen molar-refractivity contribution in [2.45, 2.75) is 46.3 Å². The molecule has 2 amide bonds. The number of carbonyl (C=O) groups is 2. The van der Waals surface area contributed by atoms with Crippen molar-refractivity contribution in [3.05, 3.63) is 28.8 Å². The second kappa shape index (κ2) is 8.22. The van der Waals surface area contributed by atoms with Gasteiger partial charge in [0.15, 0.2) is 5.17 Å². The Hall–Kier alpha value is -1.86. The molecule has 1 aromatic carbocycles. The van der Waals surface area contributed by atoms with Crippen molar-refractivity contribution in [3.8, 4) is 0 Å². The minimum absolute atomic E-state index is 0.0446. The molecule has 0 saturated carbocycles. The molecule has 1 saturated heterocycles. The standard InChI is InChI=1S/C18H23ClN4O2S/c1-10-6-7-12(8-13(10)19)20-15(24)9-14-16(25)21-17(26-14)23-22-11(2)18(3,4)5/h6-8,14H,9H2,1-5H3,(H,20,24)(H,21,23,25). The SMILES string of the molecule is CC(=N/N=C1\NC(=O)C(CC(=O)Nc2ccc(C)c(Cl)c2)S1)C(C)(C)C. The van der Waals surface area contributed by atoms with E-state index < -0.39 is 5.25 Å². The predicted octanol–water partition coefficient (Wildman–Crippen LogP) is 3.99. The highest BCUT2D eigenvalue weighted by Gasteiger charge is 2.32. The molecule has 1 aromatic rings. The molecule has 1 unspecified atom stereocenters. The van der Waals surface area contributed by atoms with Crippen molar-refractivity contribution in [2.24, 2.45) is 15.6 Å². The minimum atomic E-state index is -0.528. The van der Waals surface area contributed by atoms with Gasteiger partial charge in [-0.25, -0.2) is 0 Å². The summed E-state index contributed by atoms with van der Waals surface area (Å²) in [7, 11) is 0. The van der Waals surface area contributed by atoms with Crippen LogP contribution < -0.4 is 10.6 Å². The molecule has 1 atom stereocenters. The number of halogens is 1. The summed E-state index contributed by atoms with van der Waals surface area (Å²) >= 11 is 7.27. The van der Waals surface area contributed by atoms with Gasteiger partial charge in [-0.15, -0.1) is 5.10 Å². The average Bonchev–Trinajstić information content (AvgIpc) is 2.87. The minimum Gasteiger partial charge on any atom is -0.326 e. The zero-order valence-electron chi connectivity index (χ0n) is 15.5. The molecule has 1 fully saturated rings. The first-order valence-corrected chi connectivity index (χ1v) is 9.48. The van der Waals surface area contributed by atoms with Gasteiger partial charge in [0.25, 0.3) is 0 Å². The maximum Gasteiger partial charge on any atom is 0.240 e. The van der Waals surface area contributed by atoms with Crippen molar-refractivity contribution >= 4 is 51.7 Å². The predicted molar refractivity (Wildman–Crippen MR) is 109 cm³/mol. The van der Waals surface area contributed by atoms with E-state index in [0.717, 1.165) is 11.3 Å². The normalized spacial score (nSPS) is 19.6. The first kappa shape index (κ1) is 20.5. The lowest BCUT2D eigenvalue weighted by Gasteiger charge is -2.16. The van der Waals surface area contributed by atoms with Crippen molar-refractivity contribution in [1.29, 1.82) is 0 Å². The third kappa shape index (κ3) is 5.57. The highest BCUT2D eigenvalue weighted by Crippen LogP contribution is 2.25. The molecule has 2 N–H and O–H groups in total. The quantitative estimate of drug-likeness (QED) is 0.598. The number of benzene rings is 1. The number of anilines is 1. The van der Waals surface area contributed by atoms with Crippen LogP contribution in [0.2, 0.25) is 5.02 Å². The van der Waals surface area contributed by atoms with Gasteiger partial charge in [-0.05, 0) is 31.5 Å². The van der Waals surface area contributed by atoms with E-state index in [2.05, 4.69) is 20.8 Å². The number of amides is 2. The van der Waals surface area contributed by atoms with E-state index in [1.807, 2.05) is 40.7 Å². The molecule has 0 radical (unpaired) electrons. The van der Waals surface area contributed by atoms with Crippen molar-refractivity contribution in [2.75, 3.05) is 5.32 Å². The third-order valence-electron chi connectivity index (χ3n) is 3.98. The number of rotatable bonds is 4. The summed E-state index contributed by atoms with van der Waals surface area (Å²) in [6, 6.07) is 5.29. The smallest absolute Gasteiger partial charge is 0.240 e. The van der Waals surface area contributed by atoms with E-state index in [9.17, 15) is 9.59 Å². The molecule has 1 aliphatic heterocycles. The third-order valence-corrected chi connectivity index (χ3v) is 5.46. The molecular weight excluding hydrogens is 372 g/mol. The average molecular weight is 395 g/mol. The highest BCUT2D eigenvalue weighted by atomic mass is 35.5. The molecule has 2 rings (SSSR count). The Morgan fingerprint density at radius 2 is 2.08 bits per heavy atom. The summed E-state index contributed by atoms with van der Waals surface area (Å²) in [5.41, 5.74) is 2.30. The van der Waals surface area contributed by atoms with Crippen LogP contribution in [0, 0.1) is 12.3 Å². The maximum absolute atomic E-state index is 12.2. The summed E-state index contributed by atoms with van der Waals surface area (Å²) < 4.78 is 0. The van der Waals surface area contributed by atoms with E-state index in [0.29, 0.717) is 15.9 Å². The first-order valence-electron chi connectivity index (χ1n) is 8.22. The lowest BCUT2D eigenvalue weighted by atomic mass is 9.91. The Labute approximate surface area is 162 Å². The number of nitrogens with one attached hydrogen (secondary N) is 2. The molecule has 0 aromatic heterocycles. The van der Waals surface area contributed by atoms with E-state index in [1.54, 1.807) is 12.1 Å². The van der Waals surface area contributed by atoms with Gasteiger partial charge < -0.3 is 10.6 Å². The van der Waals surface area contributed by atoms with Gasteiger partial charge in [-0.1, -0.05) is 50.2 Å². The molecule has 8 heteroatoms. The summed E-state index contributed by atoms with van der Waals surface area (Å²) in [6.07, 6.45) is 0.0446. The van der Waals surface area contributed by atoms with Crippen molar-refractivity contribution in [1.82, 2.24) is 5.32 Å². The van der Waals surface area contributed by atoms with E-state index in [1.165, 1.54) is 11.8 Å². The van der Waals surface area contributed by atoms with Gasteiger partial charge in [0, 0.05) is 28.3 Å².